The summed E-state index contributed by atoms with van der Waals surface area (Å²) in [6, 6.07) is 15.8. The molecule has 0 heterocycles. The molecule has 128 valence electrons. The van der Waals surface area contributed by atoms with E-state index >= 15 is 0 Å². The number of hydrogen-bond acceptors (Lipinski definition) is 3. The first-order valence-electron chi connectivity index (χ1n) is 7.72. The van der Waals surface area contributed by atoms with Crippen molar-refractivity contribution in [3.8, 4) is 11.8 Å². The van der Waals surface area contributed by atoms with Gasteiger partial charge in [-0.15, -0.1) is 0 Å². The van der Waals surface area contributed by atoms with E-state index in [4.69, 9.17) is 10.00 Å². The van der Waals surface area contributed by atoms with Gasteiger partial charge in [-0.2, -0.15) is 5.26 Å². The van der Waals surface area contributed by atoms with Gasteiger partial charge in [0.1, 0.15) is 24.0 Å². The summed E-state index contributed by atoms with van der Waals surface area (Å²) in [7, 11) is 3.25. The van der Waals surface area contributed by atoms with Crippen molar-refractivity contribution >= 4 is 34.6 Å². The van der Waals surface area contributed by atoms with Crippen LogP contribution in [0.25, 0.3) is 6.08 Å². The number of halogens is 1. The van der Waals surface area contributed by atoms with Crippen LogP contribution in [0.4, 0.5) is 0 Å². The van der Waals surface area contributed by atoms with Crippen LogP contribution in [-0.2, 0) is 11.4 Å². The van der Waals surface area contributed by atoms with Gasteiger partial charge in [0.25, 0.3) is 5.91 Å². The fourth-order valence-corrected chi connectivity index (χ4v) is 2.81. The van der Waals surface area contributed by atoms with Crippen molar-refractivity contribution in [3.05, 3.63) is 68.3 Å². The lowest BCUT2D eigenvalue weighted by Gasteiger charge is -2.10. The van der Waals surface area contributed by atoms with Crippen molar-refractivity contribution in [2.75, 3.05) is 14.1 Å². The van der Waals surface area contributed by atoms with Crippen LogP contribution in [0.2, 0.25) is 0 Å². The summed E-state index contributed by atoms with van der Waals surface area (Å²) in [4.78, 5) is 13.3. The molecule has 2 aromatic carbocycles. The van der Waals surface area contributed by atoms with E-state index < -0.39 is 0 Å². The highest BCUT2D eigenvalue weighted by molar-refractivity contribution is 14.1. The molecular weight excluding hydrogens is 427 g/mol. The Kier molecular flexibility index (Phi) is 6.59. The van der Waals surface area contributed by atoms with Gasteiger partial charge in [0.15, 0.2) is 0 Å². The van der Waals surface area contributed by atoms with Crippen LogP contribution in [0.15, 0.2) is 48.0 Å². The lowest BCUT2D eigenvalue weighted by molar-refractivity contribution is -0.124. The highest BCUT2D eigenvalue weighted by Gasteiger charge is 2.11. The molecule has 2 aromatic rings. The van der Waals surface area contributed by atoms with Crippen molar-refractivity contribution in [1.29, 1.82) is 5.26 Å². The van der Waals surface area contributed by atoms with Crippen molar-refractivity contribution in [2.24, 2.45) is 0 Å². The molecule has 2 rings (SSSR count). The fraction of sp³-hybridized carbons (Fsp3) is 0.200. The van der Waals surface area contributed by atoms with Gasteiger partial charge < -0.3 is 9.64 Å². The van der Waals surface area contributed by atoms with Gasteiger partial charge in [0.2, 0.25) is 0 Å². The Morgan fingerprint density at radius 3 is 2.48 bits per heavy atom. The number of amides is 1. The molecule has 0 aromatic heterocycles. The van der Waals surface area contributed by atoms with Crippen molar-refractivity contribution in [3.63, 3.8) is 0 Å². The number of ether oxygens (including phenoxy) is 1. The third kappa shape index (κ3) is 5.33. The minimum Gasteiger partial charge on any atom is -0.488 e. The number of nitrogens with zero attached hydrogens (tertiary/aromatic N) is 2. The van der Waals surface area contributed by atoms with Gasteiger partial charge in [-0.1, -0.05) is 35.9 Å². The maximum absolute atomic E-state index is 11.9. The molecular formula is C20H19IN2O2. The van der Waals surface area contributed by atoms with Gasteiger partial charge in [0, 0.05) is 14.1 Å². The van der Waals surface area contributed by atoms with Crippen LogP contribution < -0.4 is 4.74 Å². The Morgan fingerprint density at radius 1 is 1.24 bits per heavy atom. The smallest absolute Gasteiger partial charge is 0.264 e. The molecule has 5 heteroatoms. The minimum absolute atomic E-state index is 0.106. The van der Waals surface area contributed by atoms with Crippen LogP contribution in [-0.4, -0.2) is 24.9 Å². The molecule has 0 aliphatic heterocycles. The van der Waals surface area contributed by atoms with E-state index in [0.29, 0.717) is 6.61 Å². The van der Waals surface area contributed by atoms with Crippen LogP contribution in [0.1, 0.15) is 16.7 Å². The van der Waals surface area contributed by atoms with Crippen molar-refractivity contribution in [1.82, 2.24) is 4.90 Å². The van der Waals surface area contributed by atoms with E-state index in [0.717, 1.165) is 20.4 Å². The maximum Gasteiger partial charge on any atom is 0.264 e. The lowest BCUT2D eigenvalue weighted by Crippen LogP contribution is -2.22. The first kappa shape index (κ1) is 19.0. The van der Waals surface area contributed by atoms with Gasteiger partial charge in [-0.25, -0.2) is 0 Å². The summed E-state index contributed by atoms with van der Waals surface area (Å²) in [5, 5.41) is 9.17. The second-order valence-corrected chi connectivity index (χ2v) is 7.00. The average Bonchev–Trinajstić information content (AvgIpc) is 2.59. The van der Waals surface area contributed by atoms with Crippen molar-refractivity contribution in [2.45, 2.75) is 13.5 Å². The zero-order chi connectivity index (χ0) is 18.4. The molecule has 1 amide bonds. The Morgan fingerprint density at radius 2 is 1.92 bits per heavy atom. The number of carbonyl (C=O) groups is 1. The Hall–Kier alpha value is -2.33. The van der Waals surface area contributed by atoms with E-state index in [-0.39, 0.29) is 11.5 Å². The Labute approximate surface area is 161 Å². The van der Waals surface area contributed by atoms with Crippen LogP contribution in [0.5, 0.6) is 5.75 Å². The molecule has 0 fully saturated rings. The number of carbonyl (C=O) groups excluding carboxylic acids is 1. The van der Waals surface area contributed by atoms with E-state index in [2.05, 4.69) is 41.6 Å². The summed E-state index contributed by atoms with van der Waals surface area (Å²) < 4.78 is 6.79. The second kappa shape index (κ2) is 8.67. The molecule has 0 N–H and O–H groups in total. The number of nitriles is 1. The molecule has 0 unspecified atom stereocenters. The average molecular weight is 446 g/mol. The van der Waals surface area contributed by atoms with E-state index in [1.807, 2.05) is 36.4 Å². The highest BCUT2D eigenvalue weighted by Crippen LogP contribution is 2.24. The Balaban J connectivity index is 2.13. The quantitative estimate of drug-likeness (QED) is 0.394. The monoisotopic (exact) mass is 446 g/mol. The molecule has 25 heavy (non-hydrogen) atoms. The largest absolute Gasteiger partial charge is 0.488 e. The highest BCUT2D eigenvalue weighted by atomic mass is 127. The molecule has 4 nitrogen and oxygen atoms in total. The van der Waals surface area contributed by atoms with E-state index in [9.17, 15) is 4.79 Å². The number of benzene rings is 2. The Bertz CT molecular complexity index is 834. The zero-order valence-electron chi connectivity index (χ0n) is 14.4. The lowest BCUT2D eigenvalue weighted by atomic mass is 10.1. The first-order valence-corrected chi connectivity index (χ1v) is 8.80. The number of likely N-dealkylation sites (N-methyl/N-ethyl adjacent to an activating group) is 1. The van der Waals surface area contributed by atoms with Gasteiger partial charge in [0.05, 0.1) is 3.57 Å². The number of hydrogen-bond donors (Lipinski definition) is 0. The topological polar surface area (TPSA) is 53.3 Å². The predicted molar refractivity (Wildman–Crippen MR) is 107 cm³/mol. The summed E-state index contributed by atoms with van der Waals surface area (Å²) in [5.41, 5.74) is 3.22. The molecule has 0 bridgehead atoms. The molecule has 0 atom stereocenters. The van der Waals surface area contributed by atoms with Crippen LogP contribution >= 0.6 is 22.6 Å². The van der Waals surface area contributed by atoms with Gasteiger partial charge in [-0.3, -0.25) is 4.79 Å². The predicted octanol–water partition coefficient (Wildman–Crippen LogP) is 4.17. The molecule has 0 spiro atoms. The SMILES string of the molecule is Cc1ccc(COc2ccc(/C=C(/C#N)C(=O)N(C)C)cc2I)cc1. The van der Waals surface area contributed by atoms with Crippen molar-refractivity contribution < 1.29 is 9.53 Å². The molecule has 0 aliphatic rings. The first-order chi connectivity index (χ1) is 11.9. The summed E-state index contributed by atoms with van der Waals surface area (Å²) in [5.74, 6) is 0.466. The van der Waals surface area contributed by atoms with E-state index in [1.54, 1.807) is 20.2 Å². The zero-order valence-corrected chi connectivity index (χ0v) is 16.6. The van der Waals surface area contributed by atoms with Crippen LogP contribution in [0, 0.1) is 21.8 Å². The number of aryl methyl sites for hydroxylation is 1. The normalized spacial score (nSPS) is 10.9. The molecule has 0 radical (unpaired) electrons. The third-order valence-corrected chi connectivity index (χ3v) is 4.38. The molecule has 0 saturated carbocycles. The van der Waals surface area contributed by atoms with Crippen LogP contribution in [0.3, 0.4) is 0 Å². The number of rotatable bonds is 5. The minimum atomic E-state index is -0.308. The third-order valence-electron chi connectivity index (χ3n) is 3.54. The summed E-state index contributed by atoms with van der Waals surface area (Å²) in [6.07, 6.45) is 1.59. The molecule has 0 saturated heterocycles. The fourth-order valence-electron chi connectivity index (χ4n) is 2.12. The molecule has 0 aliphatic carbocycles. The maximum atomic E-state index is 11.9. The van der Waals surface area contributed by atoms with E-state index in [1.165, 1.54) is 10.5 Å². The second-order valence-electron chi connectivity index (χ2n) is 5.83. The summed E-state index contributed by atoms with van der Waals surface area (Å²) in [6.45, 7) is 2.55. The summed E-state index contributed by atoms with van der Waals surface area (Å²) >= 11 is 2.19. The van der Waals surface area contributed by atoms with Gasteiger partial charge in [-0.05, 0) is 58.9 Å². The van der Waals surface area contributed by atoms with Gasteiger partial charge >= 0.3 is 0 Å². The standard InChI is InChI=1S/C20H19IN2O2/c1-14-4-6-15(7-5-14)13-25-19-9-8-16(11-18(19)21)10-17(12-22)20(24)23(2)3/h4-11H,13H2,1-3H3/b17-10-.